The minimum atomic E-state index is -0.335. The van der Waals surface area contributed by atoms with E-state index < -0.39 is 0 Å². The Kier molecular flexibility index (Phi) is 5.76. The zero-order valence-electron chi connectivity index (χ0n) is 14.8. The summed E-state index contributed by atoms with van der Waals surface area (Å²) in [7, 11) is 1.68. The normalized spacial score (nSPS) is 17.6. The van der Waals surface area contributed by atoms with Crippen LogP contribution in [0, 0.1) is 0 Å². The molecule has 2 amide bonds. The molecule has 0 aliphatic carbocycles. The van der Waals surface area contributed by atoms with Crippen LogP contribution in [-0.4, -0.2) is 61.5 Å². The zero-order valence-corrected chi connectivity index (χ0v) is 16.4. The Hall–Kier alpha value is -2.45. The molecule has 1 aliphatic heterocycles. The van der Waals surface area contributed by atoms with Crippen LogP contribution >= 0.6 is 23.2 Å². The molecule has 10 heteroatoms. The maximum atomic E-state index is 12.2. The van der Waals surface area contributed by atoms with Gasteiger partial charge in [-0.15, -0.1) is 10.2 Å². The van der Waals surface area contributed by atoms with Crippen molar-refractivity contribution in [1.82, 2.24) is 30.0 Å². The van der Waals surface area contributed by atoms with Crippen LogP contribution in [0.5, 0.6) is 0 Å². The average Bonchev–Trinajstić information content (AvgIpc) is 3.07. The molecule has 1 aromatic carbocycles. The van der Waals surface area contributed by atoms with Gasteiger partial charge < -0.3 is 9.80 Å². The van der Waals surface area contributed by atoms with Gasteiger partial charge in [0, 0.05) is 48.8 Å². The third-order valence-electron chi connectivity index (χ3n) is 4.37. The molecular formula is C17H18Cl2N6O2. The lowest BCUT2D eigenvalue weighted by atomic mass is 9.99. The highest BCUT2D eigenvalue weighted by molar-refractivity contribution is 6.31. The molecular weight excluding hydrogens is 391 g/mol. The summed E-state index contributed by atoms with van der Waals surface area (Å²) in [5.74, 6) is 0.166. The summed E-state index contributed by atoms with van der Waals surface area (Å²) < 4.78 is 0. The van der Waals surface area contributed by atoms with E-state index in [1.807, 2.05) is 6.07 Å². The number of nitrogens with zero attached hydrogens (tertiary/aromatic N) is 6. The highest BCUT2D eigenvalue weighted by Gasteiger charge is 2.32. The monoisotopic (exact) mass is 408 g/mol. The molecule has 0 bridgehead atoms. The van der Waals surface area contributed by atoms with Crippen molar-refractivity contribution in [3.8, 4) is 11.4 Å². The summed E-state index contributed by atoms with van der Waals surface area (Å²) in [6.45, 7) is 2.72. The summed E-state index contributed by atoms with van der Waals surface area (Å²) in [5.41, 5.74) is 2.68. The quantitative estimate of drug-likeness (QED) is 0.725. The first-order chi connectivity index (χ1) is 12.9. The van der Waals surface area contributed by atoms with Crippen LogP contribution in [0.1, 0.15) is 18.5 Å². The lowest BCUT2D eigenvalue weighted by Crippen LogP contribution is -2.51. The predicted molar refractivity (Wildman–Crippen MR) is 101 cm³/mol. The fourth-order valence-corrected chi connectivity index (χ4v) is 3.49. The molecule has 0 spiro atoms. The summed E-state index contributed by atoms with van der Waals surface area (Å²) in [4.78, 5) is 29.1. The lowest BCUT2D eigenvalue weighted by Gasteiger charge is -2.41. The molecule has 1 atom stereocenters. The van der Waals surface area contributed by atoms with E-state index >= 15 is 0 Å². The number of aryl methyl sites for hydroxylation is 1. The maximum Gasteiger partial charge on any atom is 0.247 e. The average molecular weight is 409 g/mol. The van der Waals surface area contributed by atoms with E-state index in [0.717, 1.165) is 5.56 Å². The topological polar surface area (TPSA) is 84.2 Å². The number of halogens is 2. The Morgan fingerprint density at radius 2 is 2.04 bits per heavy atom. The van der Waals surface area contributed by atoms with Crippen molar-refractivity contribution in [3.05, 3.63) is 40.4 Å². The van der Waals surface area contributed by atoms with Crippen LogP contribution in [0.4, 0.5) is 0 Å². The van der Waals surface area contributed by atoms with Gasteiger partial charge in [0.1, 0.15) is 0 Å². The maximum absolute atomic E-state index is 12.2. The number of tetrazole rings is 1. The van der Waals surface area contributed by atoms with E-state index in [-0.39, 0.29) is 17.9 Å². The highest BCUT2D eigenvalue weighted by atomic mass is 35.5. The van der Waals surface area contributed by atoms with E-state index in [9.17, 15) is 9.59 Å². The lowest BCUT2D eigenvalue weighted by molar-refractivity contribution is -0.139. The highest BCUT2D eigenvalue weighted by Crippen LogP contribution is 2.31. The fraction of sp³-hybridized carbons (Fsp3) is 0.353. The first-order valence-electron chi connectivity index (χ1n) is 8.26. The van der Waals surface area contributed by atoms with Gasteiger partial charge in [0.2, 0.25) is 17.6 Å². The third kappa shape index (κ3) is 4.28. The fourth-order valence-electron chi connectivity index (χ4n) is 3.14. The van der Waals surface area contributed by atoms with Gasteiger partial charge >= 0.3 is 0 Å². The van der Waals surface area contributed by atoms with Crippen molar-refractivity contribution in [2.75, 3.05) is 19.6 Å². The van der Waals surface area contributed by atoms with Crippen LogP contribution in [-0.2, 0) is 16.6 Å². The van der Waals surface area contributed by atoms with Crippen molar-refractivity contribution in [2.45, 2.75) is 13.0 Å². The molecule has 0 N–H and O–H groups in total. The van der Waals surface area contributed by atoms with Crippen LogP contribution in [0.25, 0.3) is 11.4 Å². The molecule has 27 heavy (non-hydrogen) atoms. The molecule has 0 saturated carbocycles. The standard InChI is InChI=1S/C17H18Cl2N6O2/c1-11(26)25-6-5-24(16(27)3-4-18)10-15(25)12-7-13(9-14(19)8-12)17-20-22-23(2)21-17/h3-4,7-9,15H,5-6,10H2,1-2H3/b4-3-/t15-/m1/s1. The number of hydrogen-bond donors (Lipinski definition) is 0. The first kappa shape index (κ1) is 19.3. The van der Waals surface area contributed by atoms with Crippen molar-refractivity contribution >= 4 is 35.0 Å². The van der Waals surface area contributed by atoms with E-state index in [1.165, 1.54) is 23.3 Å². The zero-order chi connectivity index (χ0) is 19.6. The number of carbonyl (C=O) groups is 2. The van der Waals surface area contributed by atoms with Gasteiger partial charge in [-0.1, -0.05) is 23.2 Å². The van der Waals surface area contributed by atoms with Crippen LogP contribution in [0.3, 0.4) is 0 Å². The van der Waals surface area contributed by atoms with Crippen molar-refractivity contribution < 1.29 is 9.59 Å². The van der Waals surface area contributed by atoms with Gasteiger partial charge in [-0.2, -0.15) is 4.80 Å². The smallest absolute Gasteiger partial charge is 0.247 e. The molecule has 1 aromatic heterocycles. The Morgan fingerprint density at radius 3 is 2.67 bits per heavy atom. The second-order valence-electron chi connectivity index (χ2n) is 6.18. The number of rotatable bonds is 3. The Bertz CT molecular complexity index is 897. The molecule has 2 heterocycles. The van der Waals surface area contributed by atoms with Crippen LogP contribution < -0.4 is 0 Å². The summed E-state index contributed by atoms with van der Waals surface area (Å²) in [6, 6.07) is 5.06. The van der Waals surface area contributed by atoms with Crippen molar-refractivity contribution in [3.63, 3.8) is 0 Å². The van der Waals surface area contributed by atoms with Gasteiger partial charge in [0.25, 0.3) is 0 Å². The van der Waals surface area contributed by atoms with E-state index in [4.69, 9.17) is 23.2 Å². The predicted octanol–water partition coefficient (Wildman–Crippen LogP) is 2.01. The number of hydrogen-bond acceptors (Lipinski definition) is 5. The molecule has 1 fully saturated rings. The second-order valence-corrected chi connectivity index (χ2v) is 6.87. The van der Waals surface area contributed by atoms with Crippen LogP contribution in [0.15, 0.2) is 29.8 Å². The van der Waals surface area contributed by atoms with Gasteiger partial charge in [-0.25, -0.2) is 0 Å². The minimum absolute atomic E-state index is 0.0702. The molecule has 142 valence electrons. The molecule has 1 aliphatic rings. The second kappa shape index (κ2) is 8.06. The molecule has 2 aromatic rings. The van der Waals surface area contributed by atoms with E-state index in [2.05, 4.69) is 15.4 Å². The number of carbonyl (C=O) groups excluding carboxylic acids is 2. The van der Waals surface area contributed by atoms with Gasteiger partial charge in [-0.05, 0) is 29.0 Å². The van der Waals surface area contributed by atoms with E-state index in [1.54, 1.807) is 29.0 Å². The third-order valence-corrected chi connectivity index (χ3v) is 4.72. The van der Waals surface area contributed by atoms with Gasteiger partial charge in [0.05, 0.1) is 13.1 Å². The largest absolute Gasteiger partial charge is 0.335 e. The molecule has 3 rings (SSSR count). The molecule has 8 nitrogen and oxygen atoms in total. The van der Waals surface area contributed by atoms with Gasteiger partial charge in [-0.3, -0.25) is 9.59 Å². The van der Waals surface area contributed by atoms with Crippen molar-refractivity contribution in [2.24, 2.45) is 7.05 Å². The summed E-state index contributed by atoms with van der Waals surface area (Å²) in [6.07, 6.45) is 1.30. The van der Waals surface area contributed by atoms with Gasteiger partial charge in [0.15, 0.2) is 0 Å². The number of amides is 2. The number of benzene rings is 1. The Balaban J connectivity index is 1.98. The number of aromatic nitrogens is 4. The number of piperazine rings is 1. The Labute approximate surface area is 166 Å². The first-order valence-corrected chi connectivity index (χ1v) is 9.08. The summed E-state index contributed by atoms with van der Waals surface area (Å²) in [5, 5.41) is 12.5. The van der Waals surface area contributed by atoms with Crippen LogP contribution in [0.2, 0.25) is 5.02 Å². The Morgan fingerprint density at radius 1 is 1.26 bits per heavy atom. The molecule has 1 saturated heterocycles. The minimum Gasteiger partial charge on any atom is -0.335 e. The van der Waals surface area contributed by atoms with E-state index in [0.29, 0.717) is 36.0 Å². The SMILES string of the molecule is CC(=O)N1CCN(C(=O)/C=C\Cl)C[C@@H]1c1cc(Cl)cc(-c2nnn(C)n2)c1. The van der Waals surface area contributed by atoms with Crippen molar-refractivity contribution in [1.29, 1.82) is 0 Å². The molecule has 0 unspecified atom stereocenters. The summed E-state index contributed by atoms with van der Waals surface area (Å²) >= 11 is 11.8. The molecule has 0 radical (unpaired) electrons.